The Kier molecular flexibility index (Phi) is 42.9. The number of carbonyl (C=O) groups is 1. The fourth-order valence-electron chi connectivity index (χ4n) is 4.27. The Balaban J connectivity index is 0. The summed E-state index contributed by atoms with van der Waals surface area (Å²) in [5, 5.41) is 0. The van der Waals surface area contributed by atoms with Crippen LogP contribution in [0.5, 0.6) is 0 Å². The van der Waals surface area contributed by atoms with Crippen LogP contribution in [0.3, 0.4) is 0 Å². The van der Waals surface area contributed by atoms with Crippen LogP contribution in [0.1, 0.15) is 96.8 Å². The second-order valence-corrected chi connectivity index (χ2v) is 12.6. The van der Waals surface area contributed by atoms with Crippen molar-refractivity contribution >= 4 is 16.1 Å². The van der Waals surface area contributed by atoms with Crippen molar-refractivity contribution in [1.29, 1.82) is 0 Å². The van der Waals surface area contributed by atoms with E-state index in [1.807, 2.05) is 0 Å². The van der Waals surface area contributed by atoms with Crippen molar-refractivity contribution in [2.75, 3.05) is 105 Å². The predicted octanol–water partition coefficient (Wildman–Crippen LogP) is 2.23. The molecule has 0 unspecified atom stereocenters. The van der Waals surface area contributed by atoms with Gasteiger partial charge in [-0.25, -0.2) is 8.42 Å². The molecule has 48 heavy (non-hydrogen) atoms. The van der Waals surface area contributed by atoms with Crippen LogP contribution in [-0.2, 0) is 52.8 Å². The van der Waals surface area contributed by atoms with Gasteiger partial charge in [0, 0.05) is 6.61 Å². The van der Waals surface area contributed by atoms with E-state index in [2.05, 4.69) is 23.8 Å². The quantitative estimate of drug-likeness (QED) is 0.0302. The molecule has 12 nitrogen and oxygen atoms in total. The molecule has 0 saturated carbocycles. The van der Waals surface area contributed by atoms with E-state index in [1.165, 1.54) is 83.5 Å². The molecule has 0 aromatic rings. The molecule has 0 fully saturated rings. The summed E-state index contributed by atoms with van der Waals surface area (Å²) in [6.45, 7) is 8.57. The van der Waals surface area contributed by atoms with Crippen LogP contribution in [0, 0.1) is 0 Å². The SMILES string of the molecule is CCCCCCCCC=CCCCCCCCCOCCOCCOCCOCCOCCOCCOCCOC(=O)CS(=O)(=O)[O-].[Na+]. The van der Waals surface area contributed by atoms with E-state index in [4.69, 9.17) is 33.2 Å². The van der Waals surface area contributed by atoms with Crippen molar-refractivity contribution in [2.45, 2.75) is 96.8 Å². The van der Waals surface area contributed by atoms with Gasteiger partial charge in [0.25, 0.3) is 0 Å². The summed E-state index contributed by atoms with van der Waals surface area (Å²) >= 11 is 0. The molecule has 0 aliphatic carbocycles. The summed E-state index contributed by atoms with van der Waals surface area (Å²) in [6, 6.07) is 0. The molecule has 0 amide bonds. The Morgan fingerprint density at radius 1 is 0.479 bits per heavy atom. The smallest absolute Gasteiger partial charge is 0.748 e. The van der Waals surface area contributed by atoms with E-state index < -0.39 is 21.8 Å². The molecule has 0 aromatic heterocycles. The third kappa shape index (κ3) is 45.8. The molecule has 0 saturated heterocycles. The zero-order valence-electron chi connectivity index (χ0n) is 30.2. The average molecular weight is 721 g/mol. The van der Waals surface area contributed by atoms with Crippen molar-refractivity contribution < 1.29 is 85.2 Å². The summed E-state index contributed by atoms with van der Waals surface area (Å²) in [5.74, 6) is -2.27. The van der Waals surface area contributed by atoms with Crippen LogP contribution < -0.4 is 29.6 Å². The van der Waals surface area contributed by atoms with Gasteiger partial charge in [-0.2, -0.15) is 0 Å². The van der Waals surface area contributed by atoms with Gasteiger partial charge in [-0.1, -0.05) is 76.9 Å². The van der Waals surface area contributed by atoms with E-state index >= 15 is 0 Å². The minimum absolute atomic E-state index is 0. The topological polar surface area (TPSA) is 148 Å². The first-order valence-electron chi connectivity index (χ1n) is 17.7. The largest absolute Gasteiger partial charge is 1.00 e. The Hall–Kier alpha value is -0.160. The van der Waals surface area contributed by atoms with Crippen LogP contribution >= 0.6 is 0 Å². The summed E-state index contributed by atoms with van der Waals surface area (Å²) in [4.78, 5) is 11.0. The second-order valence-electron chi connectivity index (χ2n) is 11.1. The van der Waals surface area contributed by atoms with Gasteiger partial charge in [0.05, 0.1) is 85.9 Å². The number of rotatable bonds is 39. The van der Waals surface area contributed by atoms with Crippen molar-refractivity contribution in [3.8, 4) is 0 Å². The van der Waals surface area contributed by atoms with Crippen molar-refractivity contribution in [3.05, 3.63) is 12.2 Å². The third-order valence-electron chi connectivity index (χ3n) is 6.82. The molecule has 0 atom stereocenters. The Morgan fingerprint density at radius 3 is 1.17 bits per heavy atom. The molecule has 0 bridgehead atoms. The molecule has 14 heteroatoms. The van der Waals surface area contributed by atoms with Gasteiger partial charge in [-0.3, -0.25) is 4.79 Å². The van der Waals surface area contributed by atoms with Gasteiger partial charge in [0.2, 0.25) is 0 Å². The van der Waals surface area contributed by atoms with Gasteiger partial charge in [0.1, 0.15) is 22.5 Å². The first-order chi connectivity index (χ1) is 23.0. The van der Waals surface area contributed by atoms with E-state index in [0.29, 0.717) is 72.7 Å². The van der Waals surface area contributed by atoms with Gasteiger partial charge in [-0.15, -0.1) is 0 Å². The minimum Gasteiger partial charge on any atom is -0.748 e. The van der Waals surface area contributed by atoms with E-state index in [9.17, 15) is 17.8 Å². The fourth-order valence-corrected chi connectivity index (χ4v) is 4.65. The average Bonchev–Trinajstić information content (AvgIpc) is 3.03. The van der Waals surface area contributed by atoms with E-state index in [1.54, 1.807) is 0 Å². The molecule has 0 spiro atoms. The van der Waals surface area contributed by atoms with Gasteiger partial charge in [-0.05, 0) is 32.1 Å². The summed E-state index contributed by atoms with van der Waals surface area (Å²) in [7, 11) is -4.63. The molecule has 0 aromatic carbocycles. The number of hydrogen-bond acceptors (Lipinski definition) is 12. The van der Waals surface area contributed by atoms with Crippen molar-refractivity contribution in [1.82, 2.24) is 0 Å². The van der Waals surface area contributed by atoms with Crippen LogP contribution in [0.15, 0.2) is 12.2 Å². The Bertz CT molecular complexity index is 786. The van der Waals surface area contributed by atoms with Crippen molar-refractivity contribution in [3.63, 3.8) is 0 Å². The summed E-state index contributed by atoms with van der Waals surface area (Å²) < 4.78 is 73.8. The normalized spacial score (nSPS) is 11.7. The van der Waals surface area contributed by atoms with Crippen molar-refractivity contribution in [2.24, 2.45) is 0 Å². The summed E-state index contributed by atoms with van der Waals surface area (Å²) in [6.07, 6.45) is 23.1. The first-order valence-corrected chi connectivity index (χ1v) is 19.3. The summed E-state index contributed by atoms with van der Waals surface area (Å²) in [5.41, 5.74) is 0. The maximum atomic E-state index is 11.0. The molecular formula is C34H65NaO12S. The molecule has 0 heterocycles. The predicted molar refractivity (Wildman–Crippen MR) is 181 cm³/mol. The number of ether oxygens (including phenoxy) is 8. The second kappa shape index (κ2) is 41.3. The number of esters is 1. The standard InChI is InChI=1S/C34H66O12S.Na/c1-2-3-4-5-6-7-8-9-10-11-12-13-14-15-16-17-18-39-19-20-40-21-22-41-23-24-42-25-26-43-27-28-44-29-30-45-31-32-46-34(35)33-47(36,37)38;/h9-10H,2-8,11-33H2,1H3,(H,36,37,38);/q;+1/p-1. The van der Waals surface area contributed by atoms with Crippen LogP contribution in [0.25, 0.3) is 0 Å². The van der Waals surface area contributed by atoms with E-state index in [0.717, 1.165) is 13.0 Å². The molecule has 0 aliphatic heterocycles. The Labute approximate surface area is 313 Å². The number of allylic oxidation sites excluding steroid dienone is 2. The fraction of sp³-hybridized carbons (Fsp3) is 0.912. The third-order valence-corrected chi connectivity index (χ3v) is 7.41. The maximum Gasteiger partial charge on any atom is 1.00 e. The van der Waals surface area contributed by atoms with Gasteiger partial charge < -0.3 is 42.4 Å². The minimum atomic E-state index is -4.63. The van der Waals surface area contributed by atoms with Gasteiger partial charge >= 0.3 is 35.5 Å². The number of unbranched alkanes of at least 4 members (excludes halogenated alkanes) is 12. The van der Waals surface area contributed by atoms with Crippen LogP contribution in [0.2, 0.25) is 0 Å². The molecule has 280 valence electrons. The number of carbonyl (C=O) groups excluding carboxylic acids is 1. The van der Waals surface area contributed by atoms with Gasteiger partial charge in [0.15, 0.2) is 0 Å². The molecular weight excluding hydrogens is 655 g/mol. The first kappa shape index (κ1) is 50.0. The zero-order chi connectivity index (χ0) is 34.4. The monoisotopic (exact) mass is 720 g/mol. The van der Waals surface area contributed by atoms with Crippen LogP contribution in [0.4, 0.5) is 0 Å². The molecule has 0 rings (SSSR count). The maximum absolute atomic E-state index is 11.0. The molecule has 0 N–H and O–H groups in total. The molecule has 0 aliphatic rings. The van der Waals surface area contributed by atoms with Crippen LogP contribution in [-0.4, -0.2) is 124 Å². The number of hydrogen-bond donors (Lipinski definition) is 0. The zero-order valence-corrected chi connectivity index (χ0v) is 33.0. The van der Waals surface area contributed by atoms with E-state index in [-0.39, 0.29) is 49.4 Å². The molecule has 0 radical (unpaired) electrons. The Morgan fingerprint density at radius 2 is 0.792 bits per heavy atom.